The monoisotopic (exact) mass is 326 g/mol. The number of likely N-dealkylation sites (tertiary alicyclic amines) is 1. The summed E-state index contributed by atoms with van der Waals surface area (Å²) in [7, 11) is 0. The number of aromatic nitrogens is 3. The summed E-state index contributed by atoms with van der Waals surface area (Å²) >= 11 is 1.76. The van der Waals surface area contributed by atoms with E-state index >= 15 is 0 Å². The first kappa shape index (κ1) is 14.8. The van der Waals surface area contributed by atoms with Gasteiger partial charge in [-0.25, -0.2) is 9.97 Å². The topological polar surface area (TPSA) is 34.0 Å². The van der Waals surface area contributed by atoms with Crippen LogP contribution >= 0.6 is 11.3 Å². The fourth-order valence-electron chi connectivity index (χ4n) is 3.57. The van der Waals surface area contributed by atoms with E-state index in [1.54, 1.807) is 11.3 Å². The molecule has 0 spiro atoms. The van der Waals surface area contributed by atoms with Gasteiger partial charge in [0.2, 0.25) is 0 Å². The van der Waals surface area contributed by atoms with E-state index in [2.05, 4.69) is 52.7 Å². The van der Waals surface area contributed by atoms with Gasteiger partial charge in [0.05, 0.1) is 15.2 Å². The fraction of sp³-hybridized carbons (Fsp3) is 0.444. The zero-order valence-electron chi connectivity index (χ0n) is 13.7. The molecule has 1 saturated heterocycles. The lowest BCUT2D eigenvalue weighted by Gasteiger charge is -2.31. The molecule has 120 valence electrons. The van der Waals surface area contributed by atoms with Crippen LogP contribution in [0, 0.1) is 6.92 Å². The van der Waals surface area contributed by atoms with Gasteiger partial charge in [0.25, 0.3) is 0 Å². The lowest BCUT2D eigenvalue weighted by atomic mass is 9.97. The molecule has 0 radical (unpaired) electrons. The van der Waals surface area contributed by atoms with E-state index < -0.39 is 0 Å². The Morgan fingerprint density at radius 1 is 1.35 bits per heavy atom. The minimum Gasteiger partial charge on any atom is -0.303 e. The highest BCUT2D eigenvalue weighted by Crippen LogP contribution is 2.29. The highest BCUT2D eigenvalue weighted by molar-refractivity contribution is 7.18. The summed E-state index contributed by atoms with van der Waals surface area (Å²) in [5.74, 6) is 1.72. The average molecular weight is 326 g/mol. The summed E-state index contributed by atoms with van der Waals surface area (Å²) in [5, 5.41) is 1.12. The van der Waals surface area contributed by atoms with Crippen molar-refractivity contribution < 1.29 is 0 Å². The maximum Gasteiger partial charge on any atom is 0.117 e. The molecule has 1 atom stereocenters. The second-order valence-electron chi connectivity index (χ2n) is 6.27. The van der Waals surface area contributed by atoms with Crippen molar-refractivity contribution in [2.75, 3.05) is 19.6 Å². The van der Waals surface area contributed by atoms with Crippen LogP contribution in [0.3, 0.4) is 0 Å². The van der Waals surface area contributed by atoms with Gasteiger partial charge in [-0.05, 0) is 51.1 Å². The fourth-order valence-corrected chi connectivity index (χ4v) is 4.43. The second-order valence-corrected chi connectivity index (χ2v) is 7.51. The number of piperidine rings is 1. The van der Waals surface area contributed by atoms with Gasteiger partial charge in [0.15, 0.2) is 0 Å². The quantitative estimate of drug-likeness (QED) is 0.730. The molecule has 3 heterocycles. The molecule has 1 aromatic carbocycles. The molecular weight excluding hydrogens is 304 g/mol. The van der Waals surface area contributed by atoms with Crippen molar-refractivity contribution in [1.29, 1.82) is 0 Å². The molecule has 4 rings (SSSR count). The number of rotatable bonds is 3. The molecular formula is C18H22N4S. The number of benzene rings is 1. The standard InChI is InChI=1S/C18H22N4S/c1-3-21-9-4-5-14(12-21)18-19-8-10-22(18)15-6-7-16-17(11-15)23-13(2)20-16/h6-8,10-11,14H,3-5,9,12H2,1-2H3. The van der Waals surface area contributed by atoms with E-state index in [9.17, 15) is 0 Å². The Morgan fingerprint density at radius 2 is 2.26 bits per heavy atom. The maximum atomic E-state index is 4.69. The number of fused-ring (bicyclic) bond motifs is 1. The van der Waals surface area contributed by atoms with Crippen molar-refractivity contribution in [3.8, 4) is 5.69 Å². The van der Waals surface area contributed by atoms with Gasteiger partial charge in [-0.15, -0.1) is 11.3 Å². The minimum atomic E-state index is 0.526. The van der Waals surface area contributed by atoms with Crippen LogP contribution in [-0.2, 0) is 0 Å². The SMILES string of the molecule is CCN1CCCC(c2nccn2-c2ccc3nc(C)sc3c2)C1. The molecule has 4 nitrogen and oxygen atoms in total. The van der Waals surface area contributed by atoms with Crippen molar-refractivity contribution in [1.82, 2.24) is 19.4 Å². The molecule has 23 heavy (non-hydrogen) atoms. The van der Waals surface area contributed by atoms with Crippen LogP contribution in [0.4, 0.5) is 0 Å². The molecule has 0 saturated carbocycles. The van der Waals surface area contributed by atoms with Crippen molar-refractivity contribution >= 4 is 21.6 Å². The van der Waals surface area contributed by atoms with E-state index in [1.807, 2.05) is 6.20 Å². The van der Waals surface area contributed by atoms with Gasteiger partial charge in [0.1, 0.15) is 5.82 Å². The van der Waals surface area contributed by atoms with E-state index in [4.69, 9.17) is 4.98 Å². The van der Waals surface area contributed by atoms with Gasteiger partial charge in [-0.2, -0.15) is 0 Å². The smallest absolute Gasteiger partial charge is 0.117 e. The van der Waals surface area contributed by atoms with Crippen LogP contribution in [0.25, 0.3) is 15.9 Å². The Morgan fingerprint density at radius 3 is 3.13 bits per heavy atom. The lowest BCUT2D eigenvalue weighted by Crippen LogP contribution is -2.35. The van der Waals surface area contributed by atoms with Crippen molar-refractivity contribution in [3.05, 3.63) is 41.4 Å². The van der Waals surface area contributed by atoms with E-state index in [0.717, 1.165) is 23.6 Å². The van der Waals surface area contributed by atoms with Crippen LogP contribution in [0.15, 0.2) is 30.6 Å². The number of likely N-dealkylation sites (N-methyl/N-ethyl adjacent to an activating group) is 1. The Bertz CT molecular complexity index is 819. The molecule has 0 amide bonds. The third-order valence-electron chi connectivity index (χ3n) is 4.74. The average Bonchev–Trinajstić information content (AvgIpc) is 3.19. The normalized spacial score (nSPS) is 19.5. The number of hydrogen-bond acceptors (Lipinski definition) is 4. The van der Waals surface area contributed by atoms with Crippen LogP contribution in [0.5, 0.6) is 0 Å². The van der Waals surface area contributed by atoms with Gasteiger partial charge in [-0.3, -0.25) is 0 Å². The predicted molar refractivity (Wildman–Crippen MR) is 95.6 cm³/mol. The molecule has 5 heteroatoms. The van der Waals surface area contributed by atoms with Crippen LogP contribution in [0.2, 0.25) is 0 Å². The third kappa shape index (κ3) is 2.79. The third-order valence-corrected chi connectivity index (χ3v) is 5.68. The second kappa shape index (κ2) is 6.06. The van der Waals surface area contributed by atoms with E-state index in [1.165, 1.54) is 35.6 Å². The van der Waals surface area contributed by atoms with Gasteiger partial charge in [0, 0.05) is 30.5 Å². The highest BCUT2D eigenvalue weighted by atomic mass is 32.1. The largest absolute Gasteiger partial charge is 0.303 e. The first-order valence-electron chi connectivity index (χ1n) is 8.38. The molecule has 1 aliphatic heterocycles. The van der Waals surface area contributed by atoms with E-state index in [-0.39, 0.29) is 0 Å². The Labute approximate surface area is 140 Å². The van der Waals surface area contributed by atoms with Crippen LogP contribution in [-0.4, -0.2) is 39.1 Å². The van der Waals surface area contributed by atoms with Crippen molar-refractivity contribution in [2.45, 2.75) is 32.6 Å². The molecule has 1 fully saturated rings. The highest BCUT2D eigenvalue weighted by Gasteiger charge is 2.24. The molecule has 2 aromatic heterocycles. The molecule has 1 aliphatic rings. The number of aryl methyl sites for hydroxylation is 1. The van der Waals surface area contributed by atoms with Gasteiger partial charge in [-0.1, -0.05) is 6.92 Å². The number of nitrogens with zero attached hydrogens (tertiary/aromatic N) is 4. The molecule has 1 unspecified atom stereocenters. The Balaban J connectivity index is 1.70. The number of imidazole rings is 1. The first-order valence-corrected chi connectivity index (χ1v) is 9.19. The van der Waals surface area contributed by atoms with E-state index in [0.29, 0.717) is 5.92 Å². The minimum absolute atomic E-state index is 0.526. The summed E-state index contributed by atoms with van der Waals surface area (Å²) in [6.45, 7) is 7.78. The Hall–Kier alpha value is -1.72. The summed E-state index contributed by atoms with van der Waals surface area (Å²) in [4.78, 5) is 11.8. The maximum absolute atomic E-state index is 4.69. The number of thiazole rings is 1. The summed E-state index contributed by atoms with van der Waals surface area (Å²) in [6.07, 6.45) is 6.52. The lowest BCUT2D eigenvalue weighted by molar-refractivity contribution is 0.213. The van der Waals surface area contributed by atoms with Gasteiger partial charge >= 0.3 is 0 Å². The van der Waals surface area contributed by atoms with Crippen LogP contribution < -0.4 is 0 Å². The first-order chi connectivity index (χ1) is 11.2. The van der Waals surface area contributed by atoms with Crippen molar-refractivity contribution in [3.63, 3.8) is 0 Å². The zero-order chi connectivity index (χ0) is 15.8. The van der Waals surface area contributed by atoms with Crippen LogP contribution in [0.1, 0.15) is 36.5 Å². The number of hydrogen-bond donors (Lipinski definition) is 0. The molecule has 0 aliphatic carbocycles. The summed E-state index contributed by atoms with van der Waals surface area (Å²) < 4.78 is 3.51. The Kier molecular flexibility index (Phi) is 3.91. The summed E-state index contributed by atoms with van der Waals surface area (Å²) in [6, 6.07) is 6.52. The predicted octanol–water partition coefficient (Wildman–Crippen LogP) is 3.99. The molecule has 0 bridgehead atoms. The molecule has 0 N–H and O–H groups in total. The zero-order valence-corrected chi connectivity index (χ0v) is 14.5. The summed E-state index contributed by atoms with van der Waals surface area (Å²) in [5.41, 5.74) is 2.29. The van der Waals surface area contributed by atoms with Crippen molar-refractivity contribution in [2.24, 2.45) is 0 Å². The van der Waals surface area contributed by atoms with Gasteiger partial charge < -0.3 is 9.47 Å². The molecule has 3 aromatic rings.